The predicted octanol–water partition coefficient (Wildman–Crippen LogP) is 5.37. The molecule has 0 amide bonds. The quantitative estimate of drug-likeness (QED) is 0.554. The van der Waals surface area contributed by atoms with Crippen LogP contribution >= 0.6 is 27.5 Å². The van der Waals surface area contributed by atoms with Crippen LogP contribution in [0.15, 0.2) is 40.9 Å². The van der Waals surface area contributed by atoms with Gasteiger partial charge in [-0.25, -0.2) is 13.8 Å². The molecule has 0 radical (unpaired) electrons. The minimum absolute atomic E-state index is 0.370. The van der Waals surface area contributed by atoms with Crippen LogP contribution in [0.2, 0.25) is 0 Å². The van der Waals surface area contributed by atoms with Crippen molar-refractivity contribution in [3.05, 3.63) is 58.3 Å². The second-order valence-electron chi connectivity index (χ2n) is 4.65. The van der Waals surface area contributed by atoms with Gasteiger partial charge in [0.25, 0.3) is 0 Å². The Kier molecular flexibility index (Phi) is 3.71. The van der Waals surface area contributed by atoms with Gasteiger partial charge in [0.1, 0.15) is 17.5 Å². The second kappa shape index (κ2) is 5.39. The summed E-state index contributed by atoms with van der Waals surface area (Å²) in [7, 11) is 0. The summed E-state index contributed by atoms with van der Waals surface area (Å²) in [6, 6.07) is 8.65. The topological polar surface area (TPSA) is 17.8 Å². The van der Waals surface area contributed by atoms with Gasteiger partial charge >= 0.3 is 0 Å². The maximum Gasteiger partial charge on any atom is 0.132 e. The van der Waals surface area contributed by atoms with Gasteiger partial charge in [-0.3, -0.25) is 4.57 Å². The van der Waals surface area contributed by atoms with E-state index < -0.39 is 5.38 Å². The van der Waals surface area contributed by atoms with Crippen LogP contribution in [0.25, 0.3) is 16.7 Å². The summed E-state index contributed by atoms with van der Waals surface area (Å²) in [5.74, 6) is -0.215. The molecule has 0 saturated heterocycles. The van der Waals surface area contributed by atoms with Crippen molar-refractivity contribution in [3.8, 4) is 5.69 Å². The number of aromatic nitrogens is 2. The molecule has 1 aromatic heterocycles. The largest absolute Gasteiger partial charge is 0.294 e. The smallest absolute Gasteiger partial charge is 0.132 e. The van der Waals surface area contributed by atoms with E-state index in [1.807, 2.05) is 0 Å². The van der Waals surface area contributed by atoms with E-state index in [1.165, 1.54) is 24.3 Å². The highest BCUT2D eigenvalue weighted by atomic mass is 79.9. The van der Waals surface area contributed by atoms with Crippen molar-refractivity contribution in [1.82, 2.24) is 9.55 Å². The van der Waals surface area contributed by atoms with Gasteiger partial charge in [0.2, 0.25) is 0 Å². The molecule has 0 N–H and O–H groups in total. The molecule has 0 fully saturated rings. The lowest BCUT2D eigenvalue weighted by Gasteiger charge is -2.12. The zero-order chi connectivity index (χ0) is 15.1. The summed E-state index contributed by atoms with van der Waals surface area (Å²) in [4.78, 5) is 4.37. The van der Waals surface area contributed by atoms with E-state index in [0.717, 1.165) is 0 Å². The van der Waals surface area contributed by atoms with Gasteiger partial charge in [-0.1, -0.05) is 0 Å². The zero-order valence-electron chi connectivity index (χ0n) is 10.9. The molecule has 0 aliphatic rings. The van der Waals surface area contributed by atoms with Gasteiger partial charge in [0.05, 0.1) is 22.1 Å². The molecule has 1 atom stereocenters. The lowest BCUT2D eigenvalue weighted by atomic mass is 10.2. The van der Waals surface area contributed by atoms with Crippen LogP contribution in [0.1, 0.15) is 18.1 Å². The van der Waals surface area contributed by atoms with E-state index in [-0.39, 0.29) is 11.6 Å². The average molecular weight is 372 g/mol. The van der Waals surface area contributed by atoms with Crippen molar-refractivity contribution < 1.29 is 8.78 Å². The Morgan fingerprint density at radius 3 is 2.52 bits per heavy atom. The number of imidazole rings is 1. The van der Waals surface area contributed by atoms with E-state index in [2.05, 4.69) is 20.9 Å². The first kappa shape index (κ1) is 14.5. The fourth-order valence-corrected chi connectivity index (χ4v) is 2.82. The molecule has 2 aromatic carbocycles. The minimum atomic E-state index is -0.407. The Morgan fingerprint density at radius 1 is 1.14 bits per heavy atom. The van der Waals surface area contributed by atoms with E-state index in [0.29, 0.717) is 27.0 Å². The number of benzene rings is 2. The van der Waals surface area contributed by atoms with Gasteiger partial charge < -0.3 is 0 Å². The van der Waals surface area contributed by atoms with Gasteiger partial charge in [0, 0.05) is 10.5 Å². The highest BCUT2D eigenvalue weighted by Crippen LogP contribution is 2.32. The molecule has 0 spiro atoms. The highest BCUT2D eigenvalue weighted by molar-refractivity contribution is 9.10. The lowest BCUT2D eigenvalue weighted by Crippen LogP contribution is -2.03. The molecule has 1 unspecified atom stereocenters. The molecule has 2 nitrogen and oxygen atoms in total. The molecule has 0 aliphatic heterocycles. The molecule has 6 heteroatoms. The summed E-state index contributed by atoms with van der Waals surface area (Å²) in [5.41, 5.74) is 1.73. The Balaban J connectivity index is 2.39. The first-order valence-corrected chi connectivity index (χ1v) is 7.47. The van der Waals surface area contributed by atoms with E-state index in [1.54, 1.807) is 23.6 Å². The van der Waals surface area contributed by atoms with Crippen molar-refractivity contribution in [1.29, 1.82) is 0 Å². The van der Waals surface area contributed by atoms with Gasteiger partial charge in [-0.2, -0.15) is 0 Å². The maximum atomic E-state index is 13.6. The van der Waals surface area contributed by atoms with Gasteiger partial charge in [-0.15, -0.1) is 11.6 Å². The molecule has 1 heterocycles. The number of hydrogen-bond acceptors (Lipinski definition) is 1. The third kappa shape index (κ3) is 2.56. The van der Waals surface area contributed by atoms with Crippen molar-refractivity contribution in [2.45, 2.75) is 12.3 Å². The molecule has 0 aliphatic carbocycles. The van der Waals surface area contributed by atoms with Crippen molar-refractivity contribution in [3.63, 3.8) is 0 Å². The molecule has 0 bridgehead atoms. The maximum absolute atomic E-state index is 13.6. The molecule has 3 rings (SSSR count). The SMILES string of the molecule is CC(Cl)c1nc2cc(F)ccc2n1-c1cc(F)ccc1Br. The molecular weight excluding hydrogens is 362 g/mol. The van der Waals surface area contributed by atoms with Crippen LogP contribution in [0.4, 0.5) is 8.78 Å². The first-order chi connectivity index (χ1) is 9.97. The number of hydrogen-bond donors (Lipinski definition) is 0. The average Bonchev–Trinajstić information content (AvgIpc) is 2.80. The summed E-state index contributed by atoms with van der Waals surface area (Å²) in [6.07, 6.45) is 0. The van der Waals surface area contributed by atoms with Crippen LogP contribution in [0.5, 0.6) is 0 Å². The van der Waals surface area contributed by atoms with E-state index in [9.17, 15) is 8.78 Å². The first-order valence-electron chi connectivity index (χ1n) is 6.25. The summed E-state index contributed by atoms with van der Waals surface area (Å²) < 4.78 is 29.4. The normalized spacial score (nSPS) is 12.8. The summed E-state index contributed by atoms with van der Waals surface area (Å²) in [5, 5.41) is -0.407. The number of alkyl halides is 1. The van der Waals surface area contributed by atoms with Crippen LogP contribution in [0.3, 0.4) is 0 Å². The highest BCUT2D eigenvalue weighted by Gasteiger charge is 2.18. The van der Waals surface area contributed by atoms with E-state index >= 15 is 0 Å². The molecule has 21 heavy (non-hydrogen) atoms. The molecular formula is C15H10BrClF2N2. The lowest BCUT2D eigenvalue weighted by molar-refractivity contribution is 0.625. The van der Waals surface area contributed by atoms with Crippen LogP contribution in [0, 0.1) is 11.6 Å². The van der Waals surface area contributed by atoms with Crippen LogP contribution in [-0.2, 0) is 0 Å². The third-order valence-corrected chi connectivity index (χ3v) is 4.01. The second-order valence-corrected chi connectivity index (χ2v) is 6.16. The number of halogens is 4. The van der Waals surface area contributed by atoms with Crippen molar-refractivity contribution in [2.24, 2.45) is 0 Å². The minimum Gasteiger partial charge on any atom is -0.294 e. The number of nitrogens with zero attached hydrogens (tertiary/aromatic N) is 2. The predicted molar refractivity (Wildman–Crippen MR) is 83.0 cm³/mol. The Hall–Kier alpha value is -1.46. The van der Waals surface area contributed by atoms with Crippen molar-refractivity contribution >= 4 is 38.6 Å². The third-order valence-electron chi connectivity index (χ3n) is 3.15. The molecule has 0 saturated carbocycles. The Morgan fingerprint density at radius 2 is 1.81 bits per heavy atom. The number of rotatable bonds is 2. The van der Waals surface area contributed by atoms with Gasteiger partial charge in [0.15, 0.2) is 0 Å². The Bertz CT molecular complexity index is 830. The fraction of sp³-hybridized carbons (Fsp3) is 0.133. The summed E-state index contributed by atoms with van der Waals surface area (Å²) in [6.45, 7) is 1.77. The van der Waals surface area contributed by atoms with Crippen LogP contribution in [-0.4, -0.2) is 9.55 Å². The monoisotopic (exact) mass is 370 g/mol. The molecule has 108 valence electrons. The Labute approximate surface area is 133 Å². The van der Waals surface area contributed by atoms with Crippen LogP contribution < -0.4 is 0 Å². The summed E-state index contributed by atoms with van der Waals surface area (Å²) >= 11 is 9.58. The fourth-order valence-electron chi connectivity index (χ4n) is 2.25. The zero-order valence-corrected chi connectivity index (χ0v) is 13.3. The molecule has 3 aromatic rings. The van der Waals surface area contributed by atoms with Crippen molar-refractivity contribution in [2.75, 3.05) is 0 Å². The number of fused-ring (bicyclic) bond motifs is 1. The van der Waals surface area contributed by atoms with Gasteiger partial charge in [-0.05, 0) is 53.2 Å². The standard InChI is InChI=1S/C15H10BrClF2N2/c1-8(17)15-20-12-6-9(18)3-5-13(12)21(15)14-7-10(19)2-4-11(14)16/h2-8H,1H3. The van der Waals surface area contributed by atoms with E-state index in [4.69, 9.17) is 11.6 Å².